The largest absolute Gasteiger partial charge is 0.383 e. The lowest BCUT2D eigenvalue weighted by Gasteiger charge is -2.41. The van der Waals surface area contributed by atoms with E-state index in [0.717, 1.165) is 93.1 Å². The Balaban J connectivity index is 1.59. The van der Waals surface area contributed by atoms with E-state index in [1.54, 1.807) is 7.11 Å². The molecular formula is C36H53N5O3. The molecule has 2 fully saturated rings. The number of carbonyl (C=O) groups excluding carboxylic acids is 1. The number of H-pyrrole nitrogens is 1. The summed E-state index contributed by atoms with van der Waals surface area (Å²) in [6, 6.07) is 7.03. The minimum absolute atomic E-state index is 0.154. The number of carbonyl (C=O) groups is 1. The molecule has 4 rings (SSSR count). The number of nitrogens with zero attached hydrogens (tertiary/aromatic N) is 3. The van der Waals surface area contributed by atoms with Gasteiger partial charge in [0.2, 0.25) is 0 Å². The fourth-order valence-electron chi connectivity index (χ4n) is 6.90. The summed E-state index contributed by atoms with van der Waals surface area (Å²) in [4.78, 5) is 36.5. The van der Waals surface area contributed by atoms with Gasteiger partial charge in [0.1, 0.15) is 0 Å². The molecule has 0 radical (unpaired) electrons. The molecule has 8 heteroatoms. The van der Waals surface area contributed by atoms with Crippen molar-refractivity contribution >= 4 is 11.6 Å². The third-order valence-corrected chi connectivity index (χ3v) is 9.56. The Kier molecular flexibility index (Phi) is 12.5. The van der Waals surface area contributed by atoms with Crippen molar-refractivity contribution in [3.05, 3.63) is 62.1 Å². The highest BCUT2D eigenvalue weighted by atomic mass is 16.5. The summed E-state index contributed by atoms with van der Waals surface area (Å²) in [6.45, 7) is 13.7. The smallest absolute Gasteiger partial charge is 0.253 e. The van der Waals surface area contributed by atoms with E-state index in [9.17, 15) is 9.59 Å². The Hall–Kier alpha value is -3.12. The van der Waals surface area contributed by atoms with E-state index >= 15 is 0 Å². The highest BCUT2D eigenvalue weighted by Gasteiger charge is 2.29. The van der Waals surface area contributed by atoms with E-state index in [4.69, 9.17) is 4.74 Å². The highest BCUT2D eigenvalue weighted by molar-refractivity contribution is 5.97. The molecule has 1 saturated heterocycles. The maximum absolute atomic E-state index is 13.7. The van der Waals surface area contributed by atoms with Crippen LogP contribution in [0.25, 0.3) is 0 Å². The van der Waals surface area contributed by atoms with Crippen molar-refractivity contribution in [1.82, 2.24) is 20.1 Å². The maximum Gasteiger partial charge on any atom is 0.253 e. The SMILES string of the molecule is CCN(c1cc(C#CCN2CCCCC2)cc(C(=O)NCc2c(C)cc(C)[nH]c2=O)c1C)[C@H]1CC[C@H](N(C)CCOC)CC1. The minimum atomic E-state index is -0.178. The number of likely N-dealkylation sites (N-methyl/N-ethyl adjacent to an activating group) is 1. The lowest BCUT2D eigenvalue weighted by Crippen LogP contribution is -2.44. The van der Waals surface area contributed by atoms with E-state index in [1.165, 1.54) is 19.3 Å². The molecule has 1 aromatic heterocycles. The van der Waals surface area contributed by atoms with Gasteiger partial charge in [-0.3, -0.25) is 14.5 Å². The van der Waals surface area contributed by atoms with Crippen LogP contribution in [-0.4, -0.2) is 86.3 Å². The quantitative estimate of drug-likeness (QED) is 0.360. The van der Waals surface area contributed by atoms with Crippen LogP contribution in [0.15, 0.2) is 23.0 Å². The number of aromatic amines is 1. The molecule has 1 aromatic carbocycles. The van der Waals surface area contributed by atoms with Crippen LogP contribution in [0.1, 0.15) is 90.2 Å². The second-order valence-corrected chi connectivity index (χ2v) is 12.7. The topological polar surface area (TPSA) is 80.9 Å². The second kappa shape index (κ2) is 16.3. The van der Waals surface area contributed by atoms with Crippen molar-refractivity contribution in [2.75, 3.05) is 58.4 Å². The first-order chi connectivity index (χ1) is 21.2. The van der Waals surface area contributed by atoms with Crippen LogP contribution < -0.4 is 15.8 Å². The number of ether oxygens (including phenoxy) is 1. The molecule has 1 aliphatic carbocycles. The predicted octanol–water partition coefficient (Wildman–Crippen LogP) is 4.78. The van der Waals surface area contributed by atoms with Gasteiger partial charge in [0.15, 0.2) is 0 Å². The summed E-state index contributed by atoms with van der Waals surface area (Å²) in [5.41, 5.74) is 5.65. The molecule has 2 N–H and O–H groups in total. The third-order valence-electron chi connectivity index (χ3n) is 9.56. The average Bonchev–Trinajstić information content (AvgIpc) is 3.01. The molecule has 0 spiro atoms. The van der Waals surface area contributed by atoms with Gasteiger partial charge >= 0.3 is 0 Å². The number of benzene rings is 1. The minimum Gasteiger partial charge on any atom is -0.383 e. The molecular weight excluding hydrogens is 550 g/mol. The molecule has 8 nitrogen and oxygen atoms in total. The molecule has 1 amide bonds. The number of amides is 1. The van der Waals surface area contributed by atoms with Crippen LogP contribution in [0.2, 0.25) is 0 Å². The number of aryl methyl sites for hydroxylation is 2. The summed E-state index contributed by atoms with van der Waals surface area (Å²) < 4.78 is 5.30. The Morgan fingerprint density at radius 1 is 1.07 bits per heavy atom. The number of hydrogen-bond donors (Lipinski definition) is 2. The molecule has 0 bridgehead atoms. The first-order valence-corrected chi connectivity index (χ1v) is 16.5. The zero-order chi connectivity index (χ0) is 31.6. The highest BCUT2D eigenvalue weighted by Crippen LogP contribution is 2.33. The number of likely N-dealkylation sites (tertiary alicyclic amines) is 1. The zero-order valence-corrected chi connectivity index (χ0v) is 27.9. The Morgan fingerprint density at radius 3 is 2.43 bits per heavy atom. The van der Waals surface area contributed by atoms with Crippen molar-refractivity contribution in [1.29, 1.82) is 0 Å². The number of aromatic nitrogens is 1. The van der Waals surface area contributed by atoms with E-state index in [-0.39, 0.29) is 18.0 Å². The standard InChI is InChI=1S/C36H53N5O3/c1-7-41(31-15-13-30(14-16-31)39(5)20-21-44-6)34-24-29(12-11-19-40-17-9-8-10-18-40)23-32(28(34)4)35(42)37-25-33-26(2)22-27(3)38-36(33)43/h22-24,30-31H,7-10,13-21,25H2,1-6H3,(H,37,42)(H,38,43)/t30-,31-. The summed E-state index contributed by atoms with van der Waals surface area (Å²) in [5, 5.41) is 3.04. The van der Waals surface area contributed by atoms with Gasteiger partial charge in [0.25, 0.3) is 11.5 Å². The van der Waals surface area contributed by atoms with E-state index in [2.05, 4.69) is 56.9 Å². The van der Waals surface area contributed by atoms with Gasteiger partial charge in [0, 0.05) is 66.9 Å². The normalized spacial score (nSPS) is 19.0. The fourth-order valence-corrected chi connectivity index (χ4v) is 6.90. The van der Waals surface area contributed by atoms with Crippen LogP contribution >= 0.6 is 0 Å². The summed E-state index contributed by atoms with van der Waals surface area (Å²) in [7, 11) is 3.96. The van der Waals surface area contributed by atoms with Crippen molar-refractivity contribution in [3.8, 4) is 11.8 Å². The number of anilines is 1. The van der Waals surface area contributed by atoms with Gasteiger partial charge in [-0.1, -0.05) is 18.3 Å². The monoisotopic (exact) mass is 603 g/mol. The van der Waals surface area contributed by atoms with Gasteiger partial charge < -0.3 is 24.8 Å². The molecule has 1 saturated carbocycles. The number of rotatable bonds is 11. The van der Waals surface area contributed by atoms with E-state index in [1.807, 2.05) is 32.9 Å². The molecule has 240 valence electrons. The van der Waals surface area contributed by atoms with Crippen molar-refractivity contribution in [2.24, 2.45) is 0 Å². The third kappa shape index (κ3) is 8.74. The molecule has 44 heavy (non-hydrogen) atoms. The lowest BCUT2D eigenvalue weighted by atomic mass is 9.88. The number of pyridine rings is 1. The molecule has 1 aliphatic heterocycles. The van der Waals surface area contributed by atoms with Gasteiger partial charge in [-0.25, -0.2) is 0 Å². The molecule has 2 heterocycles. The van der Waals surface area contributed by atoms with E-state index < -0.39 is 0 Å². The maximum atomic E-state index is 13.7. The second-order valence-electron chi connectivity index (χ2n) is 12.7. The lowest BCUT2D eigenvalue weighted by molar-refractivity contribution is 0.0950. The fraction of sp³-hybridized carbons (Fsp3) is 0.611. The van der Waals surface area contributed by atoms with Gasteiger partial charge in [-0.15, -0.1) is 0 Å². The Bertz CT molecular complexity index is 1380. The van der Waals surface area contributed by atoms with Crippen molar-refractivity contribution < 1.29 is 9.53 Å². The number of nitrogens with one attached hydrogen (secondary N) is 2. The molecule has 0 atom stereocenters. The van der Waals surface area contributed by atoms with Crippen LogP contribution in [0.5, 0.6) is 0 Å². The Labute approximate surface area is 264 Å². The van der Waals surface area contributed by atoms with E-state index in [0.29, 0.717) is 23.2 Å². The summed E-state index contributed by atoms with van der Waals surface area (Å²) in [6.07, 6.45) is 8.28. The summed E-state index contributed by atoms with van der Waals surface area (Å²) >= 11 is 0. The molecule has 2 aromatic rings. The van der Waals surface area contributed by atoms with Gasteiger partial charge in [-0.05, 0) is 116 Å². The number of methoxy groups -OCH3 is 1. The summed E-state index contributed by atoms with van der Waals surface area (Å²) in [5.74, 6) is 6.62. The Morgan fingerprint density at radius 2 is 1.77 bits per heavy atom. The zero-order valence-electron chi connectivity index (χ0n) is 27.9. The van der Waals surface area contributed by atoms with Gasteiger partial charge in [-0.2, -0.15) is 0 Å². The van der Waals surface area contributed by atoms with Crippen LogP contribution in [0.3, 0.4) is 0 Å². The first kappa shape index (κ1) is 33.8. The van der Waals surface area contributed by atoms with Crippen molar-refractivity contribution in [2.45, 2.75) is 91.3 Å². The predicted molar refractivity (Wildman–Crippen MR) is 180 cm³/mol. The van der Waals surface area contributed by atoms with Crippen LogP contribution in [0.4, 0.5) is 5.69 Å². The van der Waals surface area contributed by atoms with Gasteiger partial charge in [0.05, 0.1) is 13.2 Å². The average molecular weight is 604 g/mol. The van der Waals surface area contributed by atoms with Crippen molar-refractivity contribution in [3.63, 3.8) is 0 Å². The van der Waals surface area contributed by atoms with Crippen LogP contribution in [0, 0.1) is 32.6 Å². The number of piperidine rings is 1. The first-order valence-electron chi connectivity index (χ1n) is 16.5. The molecule has 0 unspecified atom stereocenters. The molecule has 2 aliphatic rings. The van der Waals surface area contributed by atoms with Crippen LogP contribution in [-0.2, 0) is 11.3 Å². The number of hydrogen-bond acceptors (Lipinski definition) is 6.